The van der Waals surface area contributed by atoms with Gasteiger partial charge in [-0.1, -0.05) is 56.3 Å². The summed E-state index contributed by atoms with van der Waals surface area (Å²) < 4.78 is 1.92. The summed E-state index contributed by atoms with van der Waals surface area (Å²) in [5.74, 6) is 0.851. The molecule has 1 aromatic carbocycles. The molecule has 1 heterocycles. The highest BCUT2D eigenvalue weighted by molar-refractivity contribution is 6.30. The first-order chi connectivity index (χ1) is 12.1. The van der Waals surface area contributed by atoms with Crippen LogP contribution in [0.25, 0.3) is 0 Å². The van der Waals surface area contributed by atoms with Gasteiger partial charge in [-0.3, -0.25) is 10.1 Å². The van der Waals surface area contributed by atoms with E-state index < -0.39 is 4.92 Å². The molecule has 1 aromatic heterocycles. The van der Waals surface area contributed by atoms with Crippen LogP contribution in [-0.4, -0.2) is 19.6 Å². The fourth-order valence-electron chi connectivity index (χ4n) is 2.83. The second kappa shape index (κ2) is 9.53. The third-order valence-electron chi connectivity index (χ3n) is 4.24. The van der Waals surface area contributed by atoms with E-state index in [-0.39, 0.29) is 12.3 Å². The number of benzene rings is 1. The van der Waals surface area contributed by atoms with E-state index in [9.17, 15) is 15.2 Å². The van der Waals surface area contributed by atoms with Gasteiger partial charge in [0.2, 0.25) is 0 Å². The van der Waals surface area contributed by atoms with Crippen molar-refractivity contribution in [2.75, 3.05) is 0 Å². The summed E-state index contributed by atoms with van der Waals surface area (Å²) in [7, 11) is 0. The van der Waals surface area contributed by atoms with Gasteiger partial charge in [-0.05, 0) is 12.0 Å². The third-order valence-corrected chi connectivity index (χ3v) is 4.55. The Morgan fingerprint density at radius 3 is 2.48 bits per heavy atom. The molecule has 0 radical (unpaired) electrons. The van der Waals surface area contributed by atoms with E-state index in [1.165, 1.54) is 31.4 Å². The minimum atomic E-state index is -0.418. The van der Waals surface area contributed by atoms with E-state index in [4.69, 9.17) is 11.6 Å². The molecule has 1 N–H and O–H groups in total. The zero-order valence-corrected chi connectivity index (χ0v) is 15.2. The second-order valence-corrected chi connectivity index (χ2v) is 6.46. The van der Waals surface area contributed by atoms with Crippen molar-refractivity contribution < 1.29 is 10.0 Å². The summed E-state index contributed by atoms with van der Waals surface area (Å²) in [6.07, 6.45) is 6.62. The number of hydrogen-bond acceptors (Lipinski definition) is 4. The number of halogens is 1. The Morgan fingerprint density at radius 1 is 1.20 bits per heavy atom. The number of aliphatic hydroxyl groups excluding tert-OH is 1. The fraction of sp³-hybridized carbons (Fsp3) is 0.500. The number of aliphatic hydroxyl groups is 1. The van der Waals surface area contributed by atoms with Crippen molar-refractivity contribution in [3.05, 3.63) is 56.6 Å². The lowest BCUT2D eigenvalue weighted by atomic mass is 10.1. The highest BCUT2D eigenvalue weighted by Crippen LogP contribution is 2.22. The first kappa shape index (κ1) is 19.4. The summed E-state index contributed by atoms with van der Waals surface area (Å²) in [4.78, 5) is 14.7. The predicted octanol–water partition coefficient (Wildman–Crippen LogP) is 4.50. The van der Waals surface area contributed by atoms with Crippen LogP contribution in [0.3, 0.4) is 0 Å². The van der Waals surface area contributed by atoms with Gasteiger partial charge in [0.1, 0.15) is 5.82 Å². The lowest BCUT2D eigenvalue weighted by molar-refractivity contribution is -0.384. The maximum absolute atomic E-state index is 10.8. The van der Waals surface area contributed by atoms with Crippen molar-refractivity contribution in [2.24, 2.45) is 0 Å². The summed E-state index contributed by atoms with van der Waals surface area (Å²) in [6, 6.07) is 6.41. The standard InChI is InChI=1S/C18H24ClN3O3/c1-2-3-4-5-6-7-17-20-18(19)16(13-23)21(17)12-14-8-10-15(11-9-14)22(24)25/h8-11,23H,2-7,12-13H2,1H3. The van der Waals surface area contributed by atoms with Crippen molar-refractivity contribution in [1.29, 1.82) is 0 Å². The van der Waals surface area contributed by atoms with Crippen LogP contribution < -0.4 is 0 Å². The van der Waals surface area contributed by atoms with Crippen LogP contribution in [-0.2, 0) is 19.6 Å². The number of nitro groups is 1. The van der Waals surface area contributed by atoms with Gasteiger partial charge < -0.3 is 9.67 Å². The Morgan fingerprint density at radius 2 is 1.88 bits per heavy atom. The van der Waals surface area contributed by atoms with E-state index in [0.29, 0.717) is 17.4 Å². The lowest BCUT2D eigenvalue weighted by Gasteiger charge is -2.11. The molecule has 0 aliphatic rings. The molecule has 136 valence electrons. The average Bonchev–Trinajstić information content (AvgIpc) is 2.89. The van der Waals surface area contributed by atoms with Crippen LogP contribution in [0, 0.1) is 10.1 Å². The summed E-state index contributed by atoms with van der Waals surface area (Å²) in [5, 5.41) is 20.7. The average molecular weight is 366 g/mol. The fourth-order valence-corrected chi connectivity index (χ4v) is 3.09. The number of imidazole rings is 1. The predicted molar refractivity (Wildman–Crippen MR) is 97.8 cm³/mol. The smallest absolute Gasteiger partial charge is 0.269 e. The molecular formula is C18H24ClN3O3. The molecule has 7 heteroatoms. The number of rotatable bonds is 10. The van der Waals surface area contributed by atoms with Gasteiger partial charge in [0.25, 0.3) is 5.69 Å². The van der Waals surface area contributed by atoms with Crippen LogP contribution in [0.4, 0.5) is 5.69 Å². The van der Waals surface area contributed by atoms with Gasteiger partial charge >= 0.3 is 0 Å². The van der Waals surface area contributed by atoms with Crippen molar-refractivity contribution in [2.45, 2.75) is 58.6 Å². The summed E-state index contributed by atoms with van der Waals surface area (Å²) in [5.41, 5.74) is 1.55. The van der Waals surface area contributed by atoms with Crippen LogP contribution in [0.1, 0.15) is 56.1 Å². The third kappa shape index (κ3) is 5.28. The topological polar surface area (TPSA) is 81.2 Å². The number of aromatic nitrogens is 2. The number of nitro benzene ring substituents is 1. The Bertz CT molecular complexity index is 698. The molecule has 0 saturated heterocycles. The van der Waals surface area contributed by atoms with Gasteiger partial charge in [-0.2, -0.15) is 0 Å². The van der Waals surface area contributed by atoms with E-state index >= 15 is 0 Å². The first-order valence-electron chi connectivity index (χ1n) is 8.64. The number of non-ortho nitro benzene ring substituents is 1. The van der Waals surface area contributed by atoms with E-state index in [2.05, 4.69) is 11.9 Å². The number of nitrogens with zero attached hydrogens (tertiary/aromatic N) is 3. The monoisotopic (exact) mass is 365 g/mol. The number of unbranched alkanes of at least 4 members (excludes halogenated alkanes) is 4. The molecule has 0 bridgehead atoms. The molecule has 0 atom stereocenters. The van der Waals surface area contributed by atoms with Crippen molar-refractivity contribution >= 4 is 17.3 Å². The molecular weight excluding hydrogens is 342 g/mol. The molecule has 6 nitrogen and oxygen atoms in total. The summed E-state index contributed by atoms with van der Waals surface area (Å²) >= 11 is 6.16. The molecule has 0 saturated carbocycles. The van der Waals surface area contributed by atoms with E-state index in [1.54, 1.807) is 12.1 Å². The Balaban J connectivity index is 2.12. The van der Waals surface area contributed by atoms with Crippen LogP contribution >= 0.6 is 11.6 Å². The molecule has 0 unspecified atom stereocenters. The Kier molecular flexibility index (Phi) is 7.40. The van der Waals surface area contributed by atoms with Gasteiger partial charge in [0.15, 0.2) is 5.15 Å². The van der Waals surface area contributed by atoms with Gasteiger partial charge in [-0.15, -0.1) is 0 Å². The zero-order valence-electron chi connectivity index (χ0n) is 14.4. The zero-order chi connectivity index (χ0) is 18.2. The molecule has 0 spiro atoms. The van der Waals surface area contributed by atoms with Crippen molar-refractivity contribution in [3.63, 3.8) is 0 Å². The van der Waals surface area contributed by atoms with Crippen molar-refractivity contribution in [1.82, 2.24) is 9.55 Å². The maximum atomic E-state index is 10.8. The molecule has 2 rings (SSSR count). The van der Waals surface area contributed by atoms with Crippen LogP contribution in [0.5, 0.6) is 0 Å². The van der Waals surface area contributed by atoms with Gasteiger partial charge in [0.05, 0.1) is 17.2 Å². The van der Waals surface area contributed by atoms with E-state index in [1.807, 2.05) is 4.57 Å². The molecule has 0 fully saturated rings. The van der Waals surface area contributed by atoms with Gasteiger partial charge in [0, 0.05) is 25.1 Å². The SMILES string of the molecule is CCCCCCCc1nc(Cl)c(CO)n1Cc1ccc([N+](=O)[O-])cc1. The molecule has 0 amide bonds. The lowest BCUT2D eigenvalue weighted by Crippen LogP contribution is -2.09. The second-order valence-electron chi connectivity index (χ2n) is 6.10. The largest absolute Gasteiger partial charge is 0.390 e. The first-order valence-corrected chi connectivity index (χ1v) is 9.02. The van der Waals surface area contributed by atoms with E-state index in [0.717, 1.165) is 30.7 Å². The van der Waals surface area contributed by atoms with Crippen LogP contribution in [0.15, 0.2) is 24.3 Å². The molecule has 2 aromatic rings. The normalized spacial score (nSPS) is 11.0. The Labute approximate surface area is 152 Å². The quantitative estimate of drug-likeness (QED) is 0.382. The highest BCUT2D eigenvalue weighted by Gasteiger charge is 2.15. The maximum Gasteiger partial charge on any atom is 0.269 e. The van der Waals surface area contributed by atoms with Crippen LogP contribution in [0.2, 0.25) is 5.15 Å². The minimum Gasteiger partial charge on any atom is -0.390 e. The van der Waals surface area contributed by atoms with Crippen molar-refractivity contribution in [3.8, 4) is 0 Å². The summed E-state index contributed by atoms with van der Waals surface area (Å²) in [6.45, 7) is 2.48. The number of aryl methyl sites for hydroxylation is 1. The minimum absolute atomic E-state index is 0.0611. The number of hydrogen-bond donors (Lipinski definition) is 1. The molecule has 0 aliphatic carbocycles. The Hall–Kier alpha value is -1.92. The van der Waals surface area contributed by atoms with Gasteiger partial charge in [-0.25, -0.2) is 4.98 Å². The molecule has 0 aliphatic heterocycles. The highest BCUT2D eigenvalue weighted by atomic mass is 35.5. The molecule has 25 heavy (non-hydrogen) atoms.